The van der Waals surface area contributed by atoms with Gasteiger partial charge in [0.05, 0.1) is 17.3 Å². The molecule has 1 saturated heterocycles. The molecule has 3 heterocycles. The molecule has 0 radical (unpaired) electrons. The van der Waals surface area contributed by atoms with Crippen LogP contribution in [0.3, 0.4) is 0 Å². The molecule has 1 aliphatic heterocycles. The Balaban J connectivity index is 1.41. The van der Waals surface area contributed by atoms with Crippen LogP contribution < -0.4 is 10.6 Å². The number of pyridine rings is 1. The average molecular weight is 541 g/mol. The molecule has 2 atom stereocenters. The maximum atomic E-state index is 12.9. The summed E-state index contributed by atoms with van der Waals surface area (Å²) in [6.45, 7) is 2.42. The van der Waals surface area contributed by atoms with Crippen molar-refractivity contribution in [2.75, 3.05) is 11.9 Å². The van der Waals surface area contributed by atoms with E-state index in [9.17, 15) is 14.7 Å². The third-order valence-electron chi connectivity index (χ3n) is 6.76. The van der Waals surface area contributed by atoms with Crippen molar-refractivity contribution in [1.82, 2.24) is 15.2 Å². The third kappa shape index (κ3) is 5.68. The molecular formula is C30H28N4O4S. The van der Waals surface area contributed by atoms with Gasteiger partial charge in [-0.2, -0.15) is 0 Å². The number of anilines is 1. The number of thiocarbonyl (C=S) groups is 1. The van der Waals surface area contributed by atoms with Crippen LogP contribution in [-0.2, 0) is 11.2 Å². The Morgan fingerprint density at radius 1 is 1.08 bits per heavy atom. The van der Waals surface area contributed by atoms with Crippen LogP contribution in [0.4, 0.5) is 5.69 Å². The van der Waals surface area contributed by atoms with Gasteiger partial charge in [0.2, 0.25) is 5.91 Å². The number of carboxylic acids is 1. The zero-order chi connectivity index (χ0) is 27.4. The van der Waals surface area contributed by atoms with Crippen molar-refractivity contribution in [2.45, 2.75) is 31.8 Å². The molecule has 1 aliphatic rings. The third-order valence-corrected chi connectivity index (χ3v) is 7.11. The molecule has 2 aromatic carbocycles. The quantitative estimate of drug-likeness (QED) is 0.235. The molecule has 0 spiro atoms. The lowest BCUT2D eigenvalue weighted by Gasteiger charge is -2.26. The molecule has 5 rings (SSSR count). The van der Waals surface area contributed by atoms with Crippen molar-refractivity contribution in [3.05, 3.63) is 108 Å². The van der Waals surface area contributed by atoms with Gasteiger partial charge in [0.1, 0.15) is 17.6 Å². The van der Waals surface area contributed by atoms with Gasteiger partial charge in [0.25, 0.3) is 0 Å². The Hall–Kier alpha value is -4.50. The van der Waals surface area contributed by atoms with E-state index in [0.29, 0.717) is 28.7 Å². The maximum absolute atomic E-state index is 12.9. The first-order valence-electron chi connectivity index (χ1n) is 12.7. The lowest BCUT2D eigenvalue weighted by Crippen LogP contribution is -2.32. The molecule has 8 nitrogen and oxygen atoms in total. The molecule has 0 unspecified atom stereocenters. The summed E-state index contributed by atoms with van der Waals surface area (Å²) in [5, 5.41) is 16.3. The molecule has 39 heavy (non-hydrogen) atoms. The summed E-state index contributed by atoms with van der Waals surface area (Å²) in [6.07, 6.45) is 2.77. The van der Waals surface area contributed by atoms with Crippen LogP contribution in [0.2, 0.25) is 0 Å². The fourth-order valence-corrected chi connectivity index (χ4v) is 5.14. The Bertz CT molecular complexity index is 1500. The smallest absolute Gasteiger partial charge is 0.335 e. The molecule has 3 N–H and O–H groups in total. The predicted octanol–water partition coefficient (Wildman–Crippen LogP) is 5.60. The number of carbonyl (C=O) groups is 2. The summed E-state index contributed by atoms with van der Waals surface area (Å²) in [4.78, 5) is 30.9. The van der Waals surface area contributed by atoms with Crippen molar-refractivity contribution in [1.29, 1.82) is 0 Å². The number of hydrogen-bond acceptors (Lipinski definition) is 5. The first kappa shape index (κ1) is 26.1. The number of benzene rings is 2. The summed E-state index contributed by atoms with van der Waals surface area (Å²) in [6, 6.07) is 23.1. The van der Waals surface area contributed by atoms with Gasteiger partial charge in [0.15, 0.2) is 5.11 Å². The number of carboxylic acid groups (broad SMARTS) is 1. The van der Waals surface area contributed by atoms with Crippen molar-refractivity contribution < 1.29 is 19.1 Å². The second kappa shape index (κ2) is 11.5. The van der Waals surface area contributed by atoms with Gasteiger partial charge < -0.3 is 25.1 Å². The molecule has 9 heteroatoms. The molecule has 0 bridgehead atoms. The van der Waals surface area contributed by atoms with Crippen LogP contribution in [0.25, 0.3) is 11.3 Å². The highest BCUT2D eigenvalue weighted by molar-refractivity contribution is 7.80. The van der Waals surface area contributed by atoms with E-state index in [-0.39, 0.29) is 30.0 Å². The number of nitrogens with one attached hydrogen (secondary N) is 2. The normalized spacial score (nSPS) is 16.6. The standard InChI is InChI=1S/C30H28N4O4S/c1-2-19-8-3-4-11-22(19)32-26(35)15-17-34-28(27(33-30(34)39)23-12-5-6-16-31-23)25-14-13-24(38-25)20-9-7-10-21(18-20)29(36)37/h3-14,16,18,27-28H,2,15,17H2,1H3,(H,32,35)(H,33,39)(H,36,37)/t27-,28+/m0/s1. The topological polar surface area (TPSA) is 108 Å². The van der Waals surface area contributed by atoms with Crippen molar-refractivity contribution in [2.24, 2.45) is 0 Å². The minimum Gasteiger partial charge on any atom is -0.478 e. The van der Waals surface area contributed by atoms with Crippen molar-refractivity contribution >= 4 is 34.9 Å². The number of aromatic carboxylic acids is 1. The highest BCUT2D eigenvalue weighted by atomic mass is 32.1. The van der Waals surface area contributed by atoms with E-state index in [4.69, 9.17) is 16.6 Å². The number of amides is 1. The fourth-order valence-electron chi connectivity index (χ4n) is 4.81. The van der Waals surface area contributed by atoms with Crippen LogP contribution in [0, 0.1) is 0 Å². The maximum Gasteiger partial charge on any atom is 0.335 e. The van der Waals surface area contributed by atoms with E-state index in [1.165, 1.54) is 6.07 Å². The van der Waals surface area contributed by atoms with E-state index < -0.39 is 5.97 Å². The predicted molar refractivity (Wildman–Crippen MR) is 152 cm³/mol. The number of para-hydroxylation sites is 1. The number of rotatable bonds is 9. The van der Waals surface area contributed by atoms with Gasteiger partial charge >= 0.3 is 5.97 Å². The Morgan fingerprint density at radius 2 is 1.90 bits per heavy atom. The molecule has 2 aromatic heterocycles. The zero-order valence-corrected chi connectivity index (χ0v) is 22.2. The number of aryl methyl sites for hydroxylation is 1. The van der Waals surface area contributed by atoms with E-state index >= 15 is 0 Å². The molecule has 198 valence electrons. The van der Waals surface area contributed by atoms with E-state index in [1.54, 1.807) is 24.4 Å². The van der Waals surface area contributed by atoms with Gasteiger partial charge in [-0.1, -0.05) is 43.3 Å². The first-order valence-corrected chi connectivity index (χ1v) is 13.1. The zero-order valence-electron chi connectivity index (χ0n) is 21.3. The highest BCUT2D eigenvalue weighted by Crippen LogP contribution is 2.40. The molecule has 0 aliphatic carbocycles. The Kier molecular flexibility index (Phi) is 7.69. The fraction of sp³-hybridized carbons (Fsp3) is 0.200. The SMILES string of the molecule is CCc1ccccc1NC(=O)CCN1C(=S)N[C@@H](c2ccccn2)[C@H]1c1ccc(-c2cccc(C(=O)O)c2)o1. The van der Waals surface area contributed by atoms with Crippen LogP contribution in [0.15, 0.2) is 89.5 Å². The summed E-state index contributed by atoms with van der Waals surface area (Å²) in [7, 11) is 0. The van der Waals surface area contributed by atoms with Gasteiger partial charge in [-0.25, -0.2) is 4.79 Å². The monoisotopic (exact) mass is 540 g/mol. The summed E-state index contributed by atoms with van der Waals surface area (Å²) >= 11 is 5.71. The van der Waals surface area contributed by atoms with Crippen LogP contribution >= 0.6 is 12.2 Å². The van der Waals surface area contributed by atoms with E-state index in [2.05, 4.69) is 22.5 Å². The van der Waals surface area contributed by atoms with Gasteiger partial charge in [-0.05, 0) is 66.7 Å². The summed E-state index contributed by atoms with van der Waals surface area (Å²) in [5.74, 6) is 0.0598. The number of hydrogen-bond donors (Lipinski definition) is 3. The first-order chi connectivity index (χ1) is 18.9. The lowest BCUT2D eigenvalue weighted by molar-refractivity contribution is -0.116. The highest BCUT2D eigenvalue weighted by Gasteiger charge is 2.41. The Labute approximate surface area is 231 Å². The second-order valence-corrected chi connectivity index (χ2v) is 9.60. The number of carbonyl (C=O) groups excluding carboxylic acids is 1. The second-order valence-electron chi connectivity index (χ2n) is 9.22. The molecular weight excluding hydrogens is 512 g/mol. The van der Waals surface area contributed by atoms with Crippen LogP contribution in [-0.4, -0.2) is 38.5 Å². The molecule has 0 saturated carbocycles. The summed E-state index contributed by atoms with van der Waals surface area (Å²) in [5.41, 5.74) is 3.52. The average Bonchev–Trinajstić information content (AvgIpc) is 3.57. The summed E-state index contributed by atoms with van der Waals surface area (Å²) < 4.78 is 6.29. The van der Waals surface area contributed by atoms with Crippen LogP contribution in [0.5, 0.6) is 0 Å². The minimum absolute atomic E-state index is 0.107. The molecule has 1 fully saturated rings. The largest absolute Gasteiger partial charge is 0.478 e. The van der Waals surface area contributed by atoms with Crippen molar-refractivity contribution in [3.8, 4) is 11.3 Å². The van der Waals surface area contributed by atoms with E-state index in [1.807, 2.05) is 59.5 Å². The van der Waals surface area contributed by atoms with Crippen molar-refractivity contribution in [3.63, 3.8) is 0 Å². The van der Waals surface area contributed by atoms with Gasteiger partial charge in [-0.3, -0.25) is 9.78 Å². The number of aromatic nitrogens is 1. The van der Waals surface area contributed by atoms with Gasteiger partial charge in [0, 0.05) is 30.4 Å². The van der Waals surface area contributed by atoms with E-state index in [0.717, 1.165) is 23.4 Å². The number of furan rings is 1. The Morgan fingerprint density at radius 3 is 2.67 bits per heavy atom. The lowest BCUT2D eigenvalue weighted by atomic mass is 10.0. The molecule has 4 aromatic rings. The molecule has 1 amide bonds. The minimum atomic E-state index is -1.00. The van der Waals surface area contributed by atoms with Crippen LogP contribution in [0.1, 0.15) is 52.8 Å². The number of nitrogens with zero attached hydrogens (tertiary/aromatic N) is 2. The van der Waals surface area contributed by atoms with Gasteiger partial charge in [-0.15, -0.1) is 0 Å².